The maximum atomic E-state index is 13.5. The molecule has 34 heavy (non-hydrogen) atoms. The number of rotatable bonds is 6. The highest BCUT2D eigenvalue weighted by Gasteiger charge is 2.44. The largest absolute Gasteiger partial charge is 0.503 e. The minimum atomic E-state index is -0.978. The molecule has 1 amide bonds. The topological polar surface area (TPSA) is 127 Å². The summed E-state index contributed by atoms with van der Waals surface area (Å²) in [7, 11) is 0. The number of furan rings is 1. The number of para-hydroxylation sites is 1. The van der Waals surface area contributed by atoms with Crippen molar-refractivity contribution >= 4 is 28.3 Å². The van der Waals surface area contributed by atoms with Gasteiger partial charge in [0.15, 0.2) is 11.5 Å². The molecule has 168 valence electrons. The van der Waals surface area contributed by atoms with Crippen molar-refractivity contribution in [3.8, 4) is 0 Å². The summed E-state index contributed by atoms with van der Waals surface area (Å²) in [6.45, 7) is 0.0648. The standard InChI is InChI=1S/C25H17N3O6/c29-23(20-12-17-5-1-2-6-19(17)34-20)21-22(16-7-9-18(10-8-16)28(32)33)27(25(31)24(21)30)14-15-4-3-11-26-13-15/h1-13,22,30H,14H2. The third-order valence-electron chi connectivity index (χ3n) is 5.69. The van der Waals surface area contributed by atoms with Crippen LogP contribution in [0.4, 0.5) is 5.69 Å². The quantitative estimate of drug-likeness (QED) is 0.257. The highest BCUT2D eigenvalue weighted by Crippen LogP contribution is 2.40. The molecule has 0 aliphatic carbocycles. The lowest BCUT2D eigenvalue weighted by molar-refractivity contribution is -0.384. The monoisotopic (exact) mass is 455 g/mol. The van der Waals surface area contributed by atoms with E-state index in [4.69, 9.17) is 4.42 Å². The van der Waals surface area contributed by atoms with Gasteiger partial charge in [-0.05, 0) is 41.5 Å². The summed E-state index contributed by atoms with van der Waals surface area (Å²) in [5.41, 5.74) is 1.33. The Hall–Kier alpha value is -4.79. The summed E-state index contributed by atoms with van der Waals surface area (Å²) >= 11 is 0. The van der Waals surface area contributed by atoms with Gasteiger partial charge in [0.25, 0.3) is 11.6 Å². The van der Waals surface area contributed by atoms with E-state index in [-0.39, 0.29) is 23.6 Å². The van der Waals surface area contributed by atoms with Crippen molar-refractivity contribution in [3.63, 3.8) is 0 Å². The minimum absolute atomic E-state index is 0.0225. The van der Waals surface area contributed by atoms with Crippen LogP contribution in [0.25, 0.3) is 11.0 Å². The van der Waals surface area contributed by atoms with Gasteiger partial charge in [-0.25, -0.2) is 0 Å². The number of Topliss-reactive ketones (excluding diaryl/α,β-unsaturated/α-hetero) is 1. The fraction of sp³-hybridized carbons (Fsp3) is 0.0800. The van der Waals surface area contributed by atoms with E-state index in [0.717, 1.165) is 0 Å². The molecule has 3 heterocycles. The molecule has 1 aliphatic heterocycles. The first-order valence-corrected chi connectivity index (χ1v) is 10.3. The molecule has 0 spiro atoms. The SMILES string of the molecule is O=C(C1=C(O)C(=O)N(Cc2cccnc2)C1c1ccc([N+](=O)[O-])cc1)c1cc2ccccc2o1. The zero-order valence-electron chi connectivity index (χ0n) is 17.6. The molecule has 0 saturated heterocycles. The first kappa shape index (κ1) is 21.1. The summed E-state index contributed by atoms with van der Waals surface area (Å²) < 4.78 is 5.69. The van der Waals surface area contributed by atoms with Crippen LogP contribution in [0, 0.1) is 10.1 Å². The van der Waals surface area contributed by atoms with Gasteiger partial charge in [0.2, 0.25) is 5.78 Å². The Morgan fingerprint density at radius 1 is 1.12 bits per heavy atom. The van der Waals surface area contributed by atoms with Crippen molar-refractivity contribution in [2.24, 2.45) is 0 Å². The molecule has 9 nitrogen and oxygen atoms in total. The van der Waals surface area contributed by atoms with Gasteiger partial charge in [-0.1, -0.05) is 24.3 Å². The van der Waals surface area contributed by atoms with Crippen molar-refractivity contribution in [1.29, 1.82) is 0 Å². The summed E-state index contributed by atoms with van der Waals surface area (Å²) in [4.78, 5) is 42.6. The second-order valence-corrected chi connectivity index (χ2v) is 7.79. The molecule has 4 aromatic rings. The van der Waals surface area contributed by atoms with E-state index in [0.29, 0.717) is 22.1 Å². The number of aromatic nitrogens is 1. The molecule has 1 aliphatic rings. The molecule has 0 bridgehead atoms. The minimum Gasteiger partial charge on any atom is -0.503 e. The number of non-ortho nitro benzene ring substituents is 1. The third-order valence-corrected chi connectivity index (χ3v) is 5.69. The van der Waals surface area contributed by atoms with Crippen LogP contribution < -0.4 is 0 Å². The molecule has 2 aromatic carbocycles. The lowest BCUT2D eigenvalue weighted by atomic mass is 9.94. The lowest BCUT2D eigenvalue weighted by Gasteiger charge is -2.26. The molecule has 5 rings (SSSR count). The van der Waals surface area contributed by atoms with E-state index in [9.17, 15) is 24.8 Å². The number of fused-ring (bicyclic) bond motifs is 1. The molecule has 0 radical (unpaired) electrons. The molecule has 9 heteroatoms. The number of carbonyl (C=O) groups is 2. The van der Waals surface area contributed by atoms with Crippen LogP contribution in [0.15, 0.2) is 94.9 Å². The van der Waals surface area contributed by atoms with Crippen LogP contribution in [-0.4, -0.2) is 31.6 Å². The van der Waals surface area contributed by atoms with E-state index >= 15 is 0 Å². The van der Waals surface area contributed by atoms with Crippen LogP contribution >= 0.6 is 0 Å². The second kappa shape index (κ2) is 8.28. The number of nitrogens with zero attached hydrogens (tertiary/aromatic N) is 3. The molecule has 0 fully saturated rings. The summed E-state index contributed by atoms with van der Waals surface area (Å²) in [6, 6.07) is 16.6. The number of carbonyl (C=O) groups excluding carboxylic acids is 2. The van der Waals surface area contributed by atoms with Gasteiger partial charge in [-0.2, -0.15) is 0 Å². The molecule has 2 aromatic heterocycles. The van der Waals surface area contributed by atoms with Gasteiger partial charge in [0.05, 0.1) is 16.5 Å². The summed E-state index contributed by atoms with van der Waals surface area (Å²) in [6.07, 6.45) is 3.17. The number of pyridine rings is 1. The van der Waals surface area contributed by atoms with Crippen LogP contribution in [-0.2, 0) is 11.3 Å². The fourth-order valence-electron chi connectivity index (χ4n) is 4.09. The maximum absolute atomic E-state index is 13.5. The van der Waals surface area contributed by atoms with Gasteiger partial charge < -0.3 is 14.4 Å². The summed E-state index contributed by atoms with van der Waals surface area (Å²) in [5.74, 6) is -2.07. The van der Waals surface area contributed by atoms with E-state index in [1.807, 2.05) is 0 Å². The Bertz CT molecular complexity index is 1420. The van der Waals surface area contributed by atoms with Crippen molar-refractivity contribution in [1.82, 2.24) is 9.88 Å². The normalized spacial score (nSPS) is 15.8. The molecule has 1 unspecified atom stereocenters. The first-order valence-electron chi connectivity index (χ1n) is 10.3. The number of aliphatic hydroxyl groups excluding tert-OH is 1. The highest BCUT2D eigenvalue weighted by molar-refractivity contribution is 6.16. The zero-order valence-corrected chi connectivity index (χ0v) is 17.6. The average molecular weight is 455 g/mol. The van der Waals surface area contributed by atoms with Gasteiger partial charge in [0, 0.05) is 36.5 Å². The Morgan fingerprint density at radius 2 is 1.88 bits per heavy atom. The highest BCUT2D eigenvalue weighted by atomic mass is 16.6. The predicted molar refractivity (Wildman–Crippen MR) is 121 cm³/mol. The number of aliphatic hydroxyl groups is 1. The van der Waals surface area contributed by atoms with Gasteiger partial charge >= 0.3 is 0 Å². The van der Waals surface area contributed by atoms with Crippen molar-refractivity contribution < 1.29 is 24.0 Å². The van der Waals surface area contributed by atoms with Gasteiger partial charge in [0.1, 0.15) is 5.58 Å². The number of nitro benzene ring substituents is 1. The van der Waals surface area contributed by atoms with E-state index < -0.39 is 28.4 Å². The number of hydrogen-bond donors (Lipinski definition) is 1. The van der Waals surface area contributed by atoms with Crippen LogP contribution in [0.3, 0.4) is 0 Å². The van der Waals surface area contributed by atoms with Crippen LogP contribution in [0.1, 0.15) is 27.7 Å². The van der Waals surface area contributed by atoms with E-state index in [1.165, 1.54) is 29.2 Å². The lowest BCUT2D eigenvalue weighted by Crippen LogP contribution is -2.30. The Morgan fingerprint density at radius 3 is 2.56 bits per heavy atom. The molecular weight excluding hydrogens is 438 g/mol. The predicted octanol–water partition coefficient (Wildman–Crippen LogP) is 4.51. The van der Waals surface area contributed by atoms with Crippen molar-refractivity contribution in [2.75, 3.05) is 0 Å². The molecular formula is C25H17N3O6. The van der Waals surface area contributed by atoms with Gasteiger partial charge in [-0.15, -0.1) is 0 Å². The molecule has 0 saturated carbocycles. The smallest absolute Gasteiger partial charge is 0.290 e. The Kier molecular flexibility index (Phi) is 5.14. The Labute approximate surface area is 192 Å². The van der Waals surface area contributed by atoms with Crippen LogP contribution in [0.5, 0.6) is 0 Å². The number of hydrogen-bond acceptors (Lipinski definition) is 7. The van der Waals surface area contributed by atoms with Crippen molar-refractivity contribution in [2.45, 2.75) is 12.6 Å². The number of amides is 1. The number of ketones is 1. The first-order chi connectivity index (χ1) is 16.4. The van der Waals surface area contributed by atoms with E-state index in [1.54, 1.807) is 54.9 Å². The number of nitro groups is 1. The van der Waals surface area contributed by atoms with E-state index in [2.05, 4.69) is 4.98 Å². The number of benzene rings is 2. The third kappa shape index (κ3) is 3.58. The fourth-order valence-corrected chi connectivity index (χ4v) is 4.09. The average Bonchev–Trinajstić information content (AvgIpc) is 3.39. The zero-order chi connectivity index (χ0) is 23.8. The van der Waals surface area contributed by atoms with Crippen molar-refractivity contribution in [3.05, 3.63) is 117 Å². The molecule has 1 atom stereocenters. The maximum Gasteiger partial charge on any atom is 0.290 e. The van der Waals surface area contributed by atoms with Gasteiger partial charge in [-0.3, -0.25) is 24.7 Å². The van der Waals surface area contributed by atoms with Crippen LogP contribution in [0.2, 0.25) is 0 Å². The Balaban J connectivity index is 1.60. The summed E-state index contributed by atoms with van der Waals surface area (Å²) in [5, 5.41) is 22.6. The second-order valence-electron chi connectivity index (χ2n) is 7.79. The molecule has 1 N–H and O–H groups in total.